The highest BCUT2D eigenvalue weighted by Gasteiger charge is 2.20. The summed E-state index contributed by atoms with van der Waals surface area (Å²) in [7, 11) is 2.03. The van der Waals surface area contributed by atoms with Crippen molar-refractivity contribution in [3.8, 4) is 0 Å². The first-order chi connectivity index (χ1) is 9.24. The van der Waals surface area contributed by atoms with E-state index in [0.29, 0.717) is 0 Å². The van der Waals surface area contributed by atoms with Gasteiger partial charge in [-0.05, 0) is 44.2 Å². The zero-order valence-corrected chi connectivity index (χ0v) is 11.9. The van der Waals surface area contributed by atoms with Crippen molar-refractivity contribution >= 4 is 10.9 Å². The van der Waals surface area contributed by atoms with Crippen molar-refractivity contribution in [3.05, 3.63) is 30.0 Å². The molecule has 1 aliphatic rings. The minimum atomic E-state index is 0.723. The van der Waals surface area contributed by atoms with Crippen molar-refractivity contribution in [2.24, 2.45) is 13.0 Å². The molecule has 0 radical (unpaired) electrons. The Bertz CT molecular complexity index is 554. The van der Waals surface area contributed by atoms with E-state index >= 15 is 0 Å². The molecular formula is C16H23N3. The fourth-order valence-corrected chi connectivity index (χ4v) is 2.61. The van der Waals surface area contributed by atoms with E-state index in [1.54, 1.807) is 0 Å². The van der Waals surface area contributed by atoms with Crippen molar-refractivity contribution in [2.45, 2.75) is 38.6 Å². The number of fused-ring (bicyclic) bond motifs is 1. The largest absolute Gasteiger partial charge is 0.314 e. The standard InChI is InChI=1S/C16H23N3/c1-12(11-17-13-8-9-13)7-10-15-14-5-3-4-6-16(14)19(2)18-15/h3-6,12-13,17H,7-11H2,1-2H3. The van der Waals surface area contributed by atoms with E-state index in [2.05, 4.69) is 41.6 Å². The normalized spacial score (nSPS) is 16.9. The van der Waals surface area contributed by atoms with Crippen molar-refractivity contribution in [1.29, 1.82) is 0 Å². The molecule has 3 rings (SSSR count). The monoisotopic (exact) mass is 257 g/mol. The van der Waals surface area contributed by atoms with Gasteiger partial charge in [-0.25, -0.2) is 0 Å². The predicted octanol–water partition coefficient (Wildman–Crippen LogP) is 2.89. The zero-order chi connectivity index (χ0) is 13.2. The van der Waals surface area contributed by atoms with Gasteiger partial charge < -0.3 is 5.32 Å². The lowest BCUT2D eigenvalue weighted by atomic mass is 10.0. The molecule has 1 unspecified atom stereocenters. The quantitative estimate of drug-likeness (QED) is 0.862. The Morgan fingerprint density at radius 2 is 2.16 bits per heavy atom. The molecule has 0 saturated heterocycles. The molecule has 1 aromatic heterocycles. The molecule has 0 aliphatic heterocycles. The third-order valence-corrected chi connectivity index (χ3v) is 4.04. The number of benzene rings is 1. The molecule has 1 heterocycles. The molecule has 1 fully saturated rings. The van der Waals surface area contributed by atoms with Gasteiger partial charge in [-0.3, -0.25) is 4.68 Å². The van der Waals surface area contributed by atoms with Crippen LogP contribution in [0.5, 0.6) is 0 Å². The van der Waals surface area contributed by atoms with Gasteiger partial charge in [-0.1, -0.05) is 25.1 Å². The fraction of sp³-hybridized carbons (Fsp3) is 0.562. The van der Waals surface area contributed by atoms with Crippen LogP contribution in [0.1, 0.15) is 31.9 Å². The SMILES string of the molecule is CC(CCc1nn(C)c2ccccc12)CNC1CC1. The molecule has 1 aromatic carbocycles. The smallest absolute Gasteiger partial charge is 0.0703 e. The van der Waals surface area contributed by atoms with E-state index in [1.165, 1.54) is 35.9 Å². The first kappa shape index (κ1) is 12.7. The maximum Gasteiger partial charge on any atom is 0.0703 e. The van der Waals surface area contributed by atoms with Gasteiger partial charge in [0.25, 0.3) is 0 Å². The highest BCUT2D eigenvalue weighted by molar-refractivity contribution is 5.81. The summed E-state index contributed by atoms with van der Waals surface area (Å²) in [6.07, 6.45) is 5.03. The van der Waals surface area contributed by atoms with Gasteiger partial charge in [0.05, 0.1) is 11.2 Å². The maximum atomic E-state index is 4.67. The first-order valence-electron chi connectivity index (χ1n) is 7.38. The molecule has 0 amide bonds. The summed E-state index contributed by atoms with van der Waals surface area (Å²) >= 11 is 0. The Labute approximate surface area is 115 Å². The molecule has 0 spiro atoms. The summed E-state index contributed by atoms with van der Waals surface area (Å²) in [5.74, 6) is 0.723. The Balaban J connectivity index is 1.61. The van der Waals surface area contributed by atoms with Gasteiger partial charge in [-0.2, -0.15) is 5.10 Å². The Morgan fingerprint density at radius 1 is 1.37 bits per heavy atom. The molecule has 0 bridgehead atoms. The van der Waals surface area contributed by atoms with Gasteiger partial charge in [0.2, 0.25) is 0 Å². The highest BCUT2D eigenvalue weighted by Crippen LogP contribution is 2.21. The molecule has 1 saturated carbocycles. The minimum absolute atomic E-state index is 0.723. The molecule has 1 atom stereocenters. The van der Waals surface area contributed by atoms with E-state index in [-0.39, 0.29) is 0 Å². The summed E-state index contributed by atoms with van der Waals surface area (Å²) < 4.78 is 2.00. The van der Waals surface area contributed by atoms with E-state index in [0.717, 1.165) is 24.9 Å². The number of aryl methyl sites for hydroxylation is 2. The van der Waals surface area contributed by atoms with E-state index in [9.17, 15) is 0 Å². The average molecular weight is 257 g/mol. The second-order valence-electron chi connectivity index (χ2n) is 5.91. The summed E-state index contributed by atoms with van der Waals surface area (Å²) in [5.41, 5.74) is 2.48. The van der Waals surface area contributed by atoms with Crippen LogP contribution < -0.4 is 5.32 Å². The van der Waals surface area contributed by atoms with Crippen molar-refractivity contribution in [3.63, 3.8) is 0 Å². The molecule has 102 valence electrons. The summed E-state index contributed by atoms with van der Waals surface area (Å²) in [4.78, 5) is 0. The summed E-state index contributed by atoms with van der Waals surface area (Å²) in [6.45, 7) is 3.48. The molecule has 19 heavy (non-hydrogen) atoms. The second kappa shape index (κ2) is 5.33. The van der Waals surface area contributed by atoms with Crippen molar-refractivity contribution < 1.29 is 0 Å². The van der Waals surface area contributed by atoms with Gasteiger partial charge in [0.1, 0.15) is 0 Å². The number of hydrogen-bond acceptors (Lipinski definition) is 2. The van der Waals surface area contributed by atoms with Crippen LogP contribution in [0.3, 0.4) is 0 Å². The summed E-state index contributed by atoms with van der Waals surface area (Å²) in [6, 6.07) is 9.33. The van der Waals surface area contributed by atoms with Crippen LogP contribution in [0.2, 0.25) is 0 Å². The van der Waals surface area contributed by atoms with Crippen molar-refractivity contribution in [2.75, 3.05) is 6.54 Å². The topological polar surface area (TPSA) is 29.9 Å². The van der Waals surface area contributed by atoms with Crippen LogP contribution in [0.4, 0.5) is 0 Å². The van der Waals surface area contributed by atoms with E-state index in [1.807, 2.05) is 11.7 Å². The van der Waals surface area contributed by atoms with Crippen LogP contribution in [-0.2, 0) is 13.5 Å². The molecule has 3 nitrogen and oxygen atoms in total. The number of aromatic nitrogens is 2. The van der Waals surface area contributed by atoms with Gasteiger partial charge in [0, 0.05) is 18.5 Å². The lowest BCUT2D eigenvalue weighted by molar-refractivity contribution is 0.477. The lowest BCUT2D eigenvalue weighted by Crippen LogP contribution is -2.23. The van der Waals surface area contributed by atoms with Gasteiger partial charge in [-0.15, -0.1) is 0 Å². The number of hydrogen-bond donors (Lipinski definition) is 1. The Morgan fingerprint density at radius 3 is 2.95 bits per heavy atom. The Kier molecular flexibility index (Phi) is 3.56. The molecule has 1 N–H and O–H groups in total. The molecule has 2 aromatic rings. The molecule has 3 heteroatoms. The van der Waals surface area contributed by atoms with E-state index < -0.39 is 0 Å². The lowest BCUT2D eigenvalue weighted by Gasteiger charge is -2.11. The van der Waals surface area contributed by atoms with Crippen LogP contribution in [-0.4, -0.2) is 22.4 Å². The van der Waals surface area contributed by atoms with Crippen LogP contribution in [0, 0.1) is 5.92 Å². The van der Waals surface area contributed by atoms with Crippen molar-refractivity contribution in [1.82, 2.24) is 15.1 Å². The summed E-state index contributed by atoms with van der Waals surface area (Å²) in [5, 5.41) is 9.59. The second-order valence-corrected chi connectivity index (χ2v) is 5.91. The Hall–Kier alpha value is -1.35. The number of rotatable bonds is 6. The number of nitrogens with zero attached hydrogens (tertiary/aromatic N) is 2. The molecular weight excluding hydrogens is 234 g/mol. The van der Waals surface area contributed by atoms with Crippen LogP contribution >= 0.6 is 0 Å². The van der Waals surface area contributed by atoms with Gasteiger partial charge in [0.15, 0.2) is 0 Å². The number of para-hydroxylation sites is 1. The zero-order valence-electron chi connectivity index (χ0n) is 11.9. The molecule has 1 aliphatic carbocycles. The average Bonchev–Trinajstić information content (AvgIpc) is 3.20. The van der Waals surface area contributed by atoms with Gasteiger partial charge >= 0.3 is 0 Å². The third-order valence-electron chi connectivity index (χ3n) is 4.04. The minimum Gasteiger partial charge on any atom is -0.314 e. The highest BCUT2D eigenvalue weighted by atomic mass is 15.3. The third kappa shape index (κ3) is 2.98. The maximum absolute atomic E-state index is 4.67. The predicted molar refractivity (Wildman–Crippen MR) is 79.2 cm³/mol. The van der Waals surface area contributed by atoms with E-state index in [4.69, 9.17) is 0 Å². The van der Waals surface area contributed by atoms with Crippen LogP contribution in [0.15, 0.2) is 24.3 Å². The fourth-order valence-electron chi connectivity index (χ4n) is 2.61. The first-order valence-corrected chi connectivity index (χ1v) is 7.38. The van der Waals surface area contributed by atoms with Crippen LogP contribution in [0.25, 0.3) is 10.9 Å². The number of nitrogens with one attached hydrogen (secondary N) is 1.